The summed E-state index contributed by atoms with van der Waals surface area (Å²) in [5.41, 5.74) is 3.30. The zero-order valence-corrected chi connectivity index (χ0v) is 14.9. The molecular formula is C20H18N4O3. The summed E-state index contributed by atoms with van der Waals surface area (Å²) in [5, 5.41) is 5.80. The summed E-state index contributed by atoms with van der Waals surface area (Å²) in [6.07, 6.45) is 2.89. The van der Waals surface area contributed by atoms with E-state index in [4.69, 9.17) is 0 Å². The zero-order valence-electron chi connectivity index (χ0n) is 14.9. The van der Waals surface area contributed by atoms with E-state index in [2.05, 4.69) is 25.3 Å². The maximum absolute atomic E-state index is 12.3. The standard InChI is InChI=1S/C20H18N4O3/c1-13-3-7-17(8-4-13)24-20-21-11-15(12-22-20)18(25)23-16-9-5-14(6-10-16)19(26)27-2/h3-12H,1-2H3,(H,23,25)(H,21,22,24). The quantitative estimate of drug-likeness (QED) is 0.674. The van der Waals surface area contributed by atoms with Gasteiger partial charge in [0.25, 0.3) is 5.91 Å². The number of methoxy groups -OCH3 is 1. The summed E-state index contributed by atoms with van der Waals surface area (Å²) in [7, 11) is 1.31. The summed E-state index contributed by atoms with van der Waals surface area (Å²) in [6, 6.07) is 14.2. The van der Waals surface area contributed by atoms with E-state index >= 15 is 0 Å². The van der Waals surface area contributed by atoms with Crippen molar-refractivity contribution in [2.75, 3.05) is 17.7 Å². The van der Waals surface area contributed by atoms with E-state index in [1.54, 1.807) is 24.3 Å². The van der Waals surface area contributed by atoms with Crippen molar-refractivity contribution in [2.45, 2.75) is 6.92 Å². The molecule has 1 amide bonds. The fraction of sp³-hybridized carbons (Fsp3) is 0.100. The lowest BCUT2D eigenvalue weighted by Gasteiger charge is -2.07. The largest absolute Gasteiger partial charge is 0.465 e. The van der Waals surface area contributed by atoms with Crippen LogP contribution < -0.4 is 10.6 Å². The van der Waals surface area contributed by atoms with Crippen molar-refractivity contribution in [3.8, 4) is 0 Å². The molecule has 0 saturated heterocycles. The van der Waals surface area contributed by atoms with E-state index in [0.29, 0.717) is 22.8 Å². The Balaban J connectivity index is 1.63. The lowest BCUT2D eigenvalue weighted by Crippen LogP contribution is -2.13. The van der Waals surface area contributed by atoms with E-state index in [-0.39, 0.29) is 5.91 Å². The lowest BCUT2D eigenvalue weighted by molar-refractivity contribution is 0.0600. The van der Waals surface area contributed by atoms with Gasteiger partial charge in [0.1, 0.15) is 0 Å². The average molecular weight is 362 g/mol. The highest BCUT2D eigenvalue weighted by molar-refractivity contribution is 6.04. The Morgan fingerprint density at radius 2 is 1.44 bits per heavy atom. The maximum Gasteiger partial charge on any atom is 0.337 e. The molecule has 2 N–H and O–H groups in total. The number of amides is 1. The number of hydrogen-bond donors (Lipinski definition) is 2. The fourth-order valence-electron chi connectivity index (χ4n) is 2.29. The first-order valence-corrected chi connectivity index (χ1v) is 8.20. The Morgan fingerprint density at radius 3 is 2.04 bits per heavy atom. The molecule has 0 radical (unpaired) electrons. The number of hydrogen-bond acceptors (Lipinski definition) is 6. The molecule has 7 nitrogen and oxygen atoms in total. The van der Waals surface area contributed by atoms with Crippen molar-refractivity contribution < 1.29 is 14.3 Å². The average Bonchev–Trinajstić information content (AvgIpc) is 2.70. The van der Waals surface area contributed by atoms with Gasteiger partial charge in [-0.25, -0.2) is 14.8 Å². The molecule has 0 atom stereocenters. The van der Waals surface area contributed by atoms with Crippen molar-refractivity contribution in [1.29, 1.82) is 0 Å². The second-order valence-electron chi connectivity index (χ2n) is 5.81. The molecule has 1 aromatic heterocycles. The molecule has 27 heavy (non-hydrogen) atoms. The number of aryl methyl sites for hydroxylation is 1. The molecule has 136 valence electrons. The summed E-state index contributed by atoms with van der Waals surface area (Å²) in [6.45, 7) is 2.01. The highest BCUT2D eigenvalue weighted by Gasteiger charge is 2.09. The number of ether oxygens (including phenoxy) is 1. The highest BCUT2D eigenvalue weighted by atomic mass is 16.5. The van der Waals surface area contributed by atoms with Gasteiger partial charge in [-0.3, -0.25) is 4.79 Å². The van der Waals surface area contributed by atoms with Gasteiger partial charge in [0.05, 0.1) is 18.2 Å². The predicted octanol–water partition coefficient (Wildman–Crippen LogP) is 3.57. The normalized spacial score (nSPS) is 10.1. The molecule has 0 aliphatic rings. The number of aromatic nitrogens is 2. The molecule has 0 spiro atoms. The van der Waals surface area contributed by atoms with Gasteiger partial charge in [-0.05, 0) is 43.3 Å². The minimum absolute atomic E-state index is 0.321. The number of carbonyl (C=O) groups excluding carboxylic acids is 2. The predicted molar refractivity (Wildman–Crippen MR) is 102 cm³/mol. The van der Waals surface area contributed by atoms with Gasteiger partial charge in [0.15, 0.2) is 0 Å². The van der Waals surface area contributed by atoms with Crippen LogP contribution in [-0.2, 0) is 4.74 Å². The number of benzene rings is 2. The molecule has 1 heterocycles. The second kappa shape index (κ2) is 8.09. The first kappa shape index (κ1) is 18.1. The van der Waals surface area contributed by atoms with Gasteiger partial charge >= 0.3 is 5.97 Å². The lowest BCUT2D eigenvalue weighted by atomic mass is 10.2. The number of rotatable bonds is 5. The van der Waals surface area contributed by atoms with Crippen molar-refractivity contribution >= 4 is 29.2 Å². The van der Waals surface area contributed by atoms with Crippen LogP contribution >= 0.6 is 0 Å². The summed E-state index contributed by atoms with van der Waals surface area (Å²) >= 11 is 0. The molecule has 0 fully saturated rings. The molecule has 0 aliphatic heterocycles. The van der Waals surface area contributed by atoms with Gasteiger partial charge in [-0.15, -0.1) is 0 Å². The molecule has 0 saturated carbocycles. The zero-order chi connectivity index (χ0) is 19.2. The SMILES string of the molecule is COC(=O)c1ccc(NC(=O)c2cnc(Nc3ccc(C)cc3)nc2)cc1. The van der Waals surface area contributed by atoms with Crippen LogP contribution in [0.5, 0.6) is 0 Å². The molecule has 0 bridgehead atoms. The first-order valence-electron chi connectivity index (χ1n) is 8.20. The molecule has 7 heteroatoms. The van der Waals surface area contributed by atoms with Gasteiger partial charge in [0, 0.05) is 23.8 Å². The van der Waals surface area contributed by atoms with E-state index in [9.17, 15) is 9.59 Å². The first-order chi connectivity index (χ1) is 13.0. The number of esters is 1. The van der Waals surface area contributed by atoms with Crippen LogP contribution in [0.4, 0.5) is 17.3 Å². The Labute approximate surface area is 156 Å². The number of carbonyl (C=O) groups is 2. The summed E-state index contributed by atoms with van der Waals surface area (Å²) in [4.78, 5) is 32.0. The van der Waals surface area contributed by atoms with Crippen LogP contribution in [0.1, 0.15) is 26.3 Å². The second-order valence-corrected chi connectivity index (χ2v) is 5.81. The van der Waals surface area contributed by atoms with E-state index < -0.39 is 5.97 Å². The third kappa shape index (κ3) is 4.66. The molecular weight excluding hydrogens is 344 g/mol. The van der Waals surface area contributed by atoms with E-state index in [1.165, 1.54) is 19.5 Å². The topological polar surface area (TPSA) is 93.2 Å². The molecule has 0 aliphatic carbocycles. The van der Waals surface area contributed by atoms with Gasteiger partial charge in [-0.2, -0.15) is 0 Å². The van der Waals surface area contributed by atoms with Gasteiger partial charge in [-0.1, -0.05) is 17.7 Å². The Hall–Kier alpha value is -3.74. The molecule has 0 unspecified atom stereocenters. The van der Waals surface area contributed by atoms with Crippen molar-refractivity contribution in [1.82, 2.24) is 9.97 Å². The minimum atomic E-state index is -0.432. The minimum Gasteiger partial charge on any atom is -0.465 e. The highest BCUT2D eigenvalue weighted by Crippen LogP contribution is 2.15. The van der Waals surface area contributed by atoms with E-state index in [0.717, 1.165) is 11.3 Å². The van der Waals surface area contributed by atoms with Gasteiger partial charge < -0.3 is 15.4 Å². The van der Waals surface area contributed by atoms with Crippen LogP contribution in [0.3, 0.4) is 0 Å². The van der Waals surface area contributed by atoms with Gasteiger partial charge in [0.2, 0.25) is 5.95 Å². The molecule has 3 aromatic rings. The van der Waals surface area contributed by atoms with Crippen LogP contribution in [-0.4, -0.2) is 29.0 Å². The number of anilines is 3. The van der Waals surface area contributed by atoms with Crippen molar-refractivity contribution in [3.63, 3.8) is 0 Å². The monoisotopic (exact) mass is 362 g/mol. The fourth-order valence-corrected chi connectivity index (χ4v) is 2.29. The van der Waals surface area contributed by atoms with E-state index in [1.807, 2.05) is 31.2 Å². The van der Waals surface area contributed by atoms with Crippen molar-refractivity contribution in [2.24, 2.45) is 0 Å². The van der Waals surface area contributed by atoms with Crippen LogP contribution in [0, 0.1) is 6.92 Å². The number of nitrogens with zero attached hydrogens (tertiary/aromatic N) is 2. The third-order valence-corrected chi connectivity index (χ3v) is 3.79. The van der Waals surface area contributed by atoms with Crippen molar-refractivity contribution in [3.05, 3.63) is 77.6 Å². The Kier molecular flexibility index (Phi) is 5.41. The molecule has 2 aromatic carbocycles. The Morgan fingerprint density at radius 1 is 0.852 bits per heavy atom. The van der Waals surface area contributed by atoms with Crippen LogP contribution in [0.25, 0.3) is 0 Å². The van der Waals surface area contributed by atoms with Crippen LogP contribution in [0.2, 0.25) is 0 Å². The Bertz CT molecular complexity index is 936. The third-order valence-electron chi connectivity index (χ3n) is 3.79. The smallest absolute Gasteiger partial charge is 0.337 e. The van der Waals surface area contributed by atoms with Crippen LogP contribution in [0.15, 0.2) is 60.9 Å². The summed E-state index contributed by atoms with van der Waals surface area (Å²) in [5.74, 6) is -0.376. The summed E-state index contributed by atoms with van der Waals surface area (Å²) < 4.78 is 4.64. The number of nitrogens with one attached hydrogen (secondary N) is 2. The molecule has 3 rings (SSSR count). The maximum atomic E-state index is 12.3.